The van der Waals surface area contributed by atoms with Crippen molar-refractivity contribution in [3.8, 4) is 17.6 Å². The van der Waals surface area contributed by atoms with Crippen LogP contribution in [0.15, 0.2) is 71.6 Å². The van der Waals surface area contributed by atoms with Crippen molar-refractivity contribution in [2.45, 2.75) is 17.5 Å². The number of benzene rings is 3. The van der Waals surface area contributed by atoms with Crippen molar-refractivity contribution < 1.29 is 32.2 Å². The molecule has 0 radical (unpaired) electrons. The molecule has 0 bridgehead atoms. The van der Waals surface area contributed by atoms with Gasteiger partial charge in [0.1, 0.15) is 5.75 Å². The zero-order chi connectivity index (χ0) is 24.9. The lowest BCUT2D eigenvalue weighted by Crippen LogP contribution is -2.26. The van der Waals surface area contributed by atoms with E-state index < -0.39 is 27.9 Å². The number of sulfonamides is 1. The van der Waals surface area contributed by atoms with E-state index >= 15 is 0 Å². The molecule has 8 nitrogen and oxygen atoms in total. The standard InChI is InChI=1S/C24H21FN2O6S/c1-27(34(30,31)20-10-11-22(32-2)21(25)13-20)15-16-6-8-19(9-7-16)33-23(24(28)29)18-5-3-4-17(12-18)14-26/h3-13,23H,15H2,1-2H3,(H,28,29). The van der Waals surface area contributed by atoms with Crippen molar-refractivity contribution in [1.82, 2.24) is 4.31 Å². The number of halogens is 1. The Bertz CT molecular complexity index is 1340. The molecule has 3 aromatic carbocycles. The molecule has 0 aliphatic heterocycles. The first-order chi connectivity index (χ1) is 16.1. The lowest BCUT2D eigenvalue weighted by atomic mass is 10.1. The average Bonchev–Trinajstić information content (AvgIpc) is 2.83. The molecular weight excluding hydrogens is 463 g/mol. The van der Waals surface area contributed by atoms with E-state index in [2.05, 4.69) is 0 Å². The van der Waals surface area contributed by atoms with Gasteiger partial charge in [0.05, 0.1) is 23.6 Å². The predicted octanol–water partition coefficient (Wildman–Crippen LogP) is 3.73. The lowest BCUT2D eigenvalue weighted by molar-refractivity contribution is -0.145. The van der Waals surface area contributed by atoms with Gasteiger partial charge in [0, 0.05) is 19.2 Å². The zero-order valence-corrected chi connectivity index (χ0v) is 19.1. The van der Waals surface area contributed by atoms with Crippen LogP contribution in [0.4, 0.5) is 4.39 Å². The first-order valence-corrected chi connectivity index (χ1v) is 11.4. The number of nitrogens with zero attached hydrogens (tertiary/aromatic N) is 2. The minimum Gasteiger partial charge on any atom is -0.494 e. The molecule has 0 aliphatic carbocycles. The topological polar surface area (TPSA) is 117 Å². The molecular formula is C24H21FN2O6S. The van der Waals surface area contributed by atoms with Crippen LogP contribution in [0.25, 0.3) is 0 Å². The highest BCUT2D eigenvalue weighted by atomic mass is 32.2. The maximum atomic E-state index is 14.0. The van der Waals surface area contributed by atoms with Gasteiger partial charge in [-0.25, -0.2) is 17.6 Å². The number of ether oxygens (including phenoxy) is 2. The molecule has 0 spiro atoms. The van der Waals surface area contributed by atoms with E-state index in [4.69, 9.17) is 14.7 Å². The van der Waals surface area contributed by atoms with Crippen molar-refractivity contribution in [2.75, 3.05) is 14.2 Å². The van der Waals surface area contributed by atoms with Gasteiger partial charge in [-0.3, -0.25) is 0 Å². The van der Waals surface area contributed by atoms with Crippen molar-refractivity contribution in [3.63, 3.8) is 0 Å². The first kappa shape index (κ1) is 24.7. The quantitative estimate of drug-likeness (QED) is 0.492. The average molecular weight is 485 g/mol. The van der Waals surface area contributed by atoms with Gasteiger partial charge >= 0.3 is 5.97 Å². The number of aliphatic carboxylic acids is 1. The summed E-state index contributed by atoms with van der Waals surface area (Å²) in [6, 6.07) is 17.7. The number of carbonyl (C=O) groups is 1. The van der Waals surface area contributed by atoms with E-state index in [1.165, 1.54) is 44.5 Å². The minimum atomic E-state index is -3.97. The Kier molecular flexibility index (Phi) is 7.50. The summed E-state index contributed by atoms with van der Waals surface area (Å²) in [7, 11) is -1.31. The van der Waals surface area contributed by atoms with Crippen LogP contribution in [-0.4, -0.2) is 38.0 Å². The summed E-state index contributed by atoms with van der Waals surface area (Å²) in [6.45, 7) is -0.0111. The SMILES string of the molecule is COc1ccc(S(=O)(=O)N(C)Cc2ccc(OC(C(=O)O)c3cccc(C#N)c3)cc2)cc1F. The molecule has 0 saturated carbocycles. The van der Waals surface area contributed by atoms with Crippen LogP contribution in [0.2, 0.25) is 0 Å². The second-order valence-corrected chi connectivity index (χ2v) is 9.32. The molecule has 1 unspecified atom stereocenters. The Balaban J connectivity index is 1.74. The molecule has 10 heteroatoms. The van der Waals surface area contributed by atoms with E-state index in [0.717, 1.165) is 10.4 Å². The fourth-order valence-corrected chi connectivity index (χ4v) is 4.34. The van der Waals surface area contributed by atoms with E-state index in [-0.39, 0.29) is 22.9 Å². The van der Waals surface area contributed by atoms with Gasteiger partial charge in [0.2, 0.25) is 16.1 Å². The van der Waals surface area contributed by atoms with Crippen LogP contribution in [0.5, 0.6) is 11.5 Å². The fourth-order valence-electron chi connectivity index (χ4n) is 3.17. The van der Waals surface area contributed by atoms with Gasteiger partial charge in [-0.1, -0.05) is 24.3 Å². The second kappa shape index (κ2) is 10.3. The maximum Gasteiger partial charge on any atom is 0.349 e. The van der Waals surface area contributed by atoms with Crippen molar-refractivity contribution in [1.29, 1.82) is 5.26 Å². The molecule has 34 heavy (non-hydrogen) atoms. The zero-order valence-electron chi connectivity index (χ0n) is 18.3. The van der Waals surface area contributed by atoms with Crippen LogP contribution in [0.3, 0.4) is 0 Å². The molecule has 0 heterocycles. The molecule has 1 N–H and O–H groups in total. The molecule has 0 aliphatic rings. The van der Waals surface area contributed by atoms with Crippen LogP contribution in [-0.2, 0) is 21.4 Å². The molecule has 0 amide bonds. The molecule has 0 saturated heterocycles. The van der Waals surface area contributed by atoms with Gasteiger partial charge in [0.15, 0.2) is 11.6 Å². The predicted molar refractivity (Wildman–Crippen MR) is 120 cm³/mol. The monoisotopic (exact) mass is 484 g/mol. The maximum absolute atomic E-state index is 14.0. The number of rotatable bonds is 9. The molecule has 1 atom stereocenters. The third-order valence-corrected chi connectivity index (χ3v) is 6.76. The first-order valence-electron chi connectivity index (χ1n) is 9.94. The Labute approximate surface area is 196 Å². The third-order valence-electron chi connectivity index (χ3n) is 4.96. The highest BCUT2D eigenvalue weighted by Crippen LogP contribution is 2.26. The molecule has 176 valence electrons. The van der Waals surface area contributed by atoms with Crippen LogP contribution >= 0.6 is 0 Å². The number of carboxylic acid groups (broad SMARTS) is 1. The summed E-state index contributed by atoms with van der Waals surface area (Å²) < 4.78 is 51.0. The highest BCUT2D eigenvalue weighted by molar-refractivity contribution is 7.89. The molecule has 3 aromatic rings. The number of nitriles is 1. The number of hydrogen-bond acceptors (Lipinski definition) is 6. The van der Waals surface area contributed by atoms with Gasteiger partial charge < -0.3 is 14.6 Å². The summed E-state index contributed by atoms with van der Waals surface area (Å²) >= 11 is 0. The third kappa shape index (κ3) is 5.51. The van der Waals surface area contributed by atoms with Crippen LogP contribution in [0.1, 0.15) is 22.8 Å². The number of carboxylic acids is 1. The van der Waals surface area contributed by atoms with E-state index in [1.807, 2.05) is 6.07 Å². The largest absolute Gasteiger partial charge is 0.494 e. The van der Waals surface area contributed by atoms with Gasteiger partial charge in [0.25, 0.3) is 0 Å². The van der Waals surface area contributed by atoms with Crippen molar-refractivity contribution in [3.05, 3.63) is 89.2 Å². The second-order valence-electron chi connectivity index (χ2n) is 7.27. The Morgan fingerprint density at radius 1 is 1.15 bits per heavy atom. The van der Waals surface area contributed by atoms with Crippen molar-refractivity contribution in [2.24, 2.45) is 0 Å². The molecule has 0 fully saturated rings. The van der Waals surface area contributed by atoms with Crippen LogP contribution < -0.4 is 9.47 Å². The summed E-state index contributed by atoms with van der Waals surface area (Å²) in [5.74, 6) is -1.82. The number of methoxy groups -OCH3 is 1. The minimum absolute atomic E-state index is 0.0111. The lowest BCUT2D eigenvalue weighted by Gasteiger charge is -2.19. The summed E-state index contributed by atoms with van der Waals surface area (Å²) in [6.07, 6.45) is -1.33. The summed E-state index contributed by atoms with van der Waals surface area (Å²) in [5, 5.41) is 18.6. The smallest absolute Gasteiger partial charge is 0.349 e. The van der Waals surface area contributed by atoms with Gasteiger partial charge in [-0.05, 0) is 48.0 Å². The molecule has 0 aromatic heterocycles. The fraction of sp³-hybridized carbons (Fsp3) is 0.167. The number of hydrogen-bond donors (Lipinski definition) is 1. The summed E-state index contributed by atoms with van der Waals surface area (Å²) in [4.78, 5) is 11.5. The van der Waals surface area contributed by atoms with E-state index in [9.17, 15) is 22.7 Å². The normalized spacial score (nSPS) is 12.1. The van der Waals surface area contributed by atoms with Crippen LogP contribution in [0, 0.1) is 17.1 Å². The van der Waals surface area contributed by atoms with Gasteiger partial charge in [-0.2, -0.15) is 9.57 Å². The highest BCUT2D eigenvalue weighted by Gasteiger charge is 2.24. The van der Waals surface area contributed by atoms with Gasteiger partial charge in [-0.15, -0.1) is 0 Å². The Hall–Kier alpha value is -3.94. The van der Waals surface area contributed by atoms with E-state index in [1.54, 1.807) is 30.3 Å². The Morgan fingerprint density at radius 3 is 2.44 bits per heavy atom. The summed E-state index contributed by atoms with van der Waals surface area (Å²) in [5.41, 5.74) is 1.22. The van der Waals surface area contributed by atoms with E-state index in [0.29, 0.717) is 16.7 Å². The molecule has 3 rings (SSSR count). The Morgan fingerprint density at radius 2 is 1.85 bits per heavy atom. The van der Waals surface area contributed by atoms with Crippen molar-refractivity contribution >= 4 is 16.0 Å².